The molecule has 0 bridgehead atoms. The summed E-state index contributed by atoms with van der Waals surface area (Å²) in [4.78, 5) is 26.5. The second kappa shape index (κ2) is 7.58. The summed E-state index contributed by atoms with van der Waals surface area (Å²) in [5.41, 5.74) is 0. The number of ether oxygens (including phenoxy) is 1. The number of amides is 2. The molecule has 0 spiro atoms. The van der Waals surface area contributed by atoms with Crippen LogP contribution in [0.3, 0.4) is 0 Å². The first-order chi connectivity index (χ1) is 10.1. The summed E-state index contributed by atoms with van der Waals surface area (Å²) < 4.78 is 5.26. The highest BCUT2D eigenvalue weighted by Crippen LogP contribution is 2.18. The first-order valence-corrected chi connectivity index (χ1v) is 7.33. The summed E-state index contributed by atoms with van der Waals surface area (Å²) in [7, 11) is 0. The van der Waals surface area contributed by atoms with Gasteiger partial charge in [-0.05, 0) is 13.0 Å². The Morgan fingerprint density at radius 3 is 2.67 bits per heavy atom. The molecule has 2 saturated heterocycles. The Balaban J connectivity index is 1.67. The van der Waals surface area contributed by atoms with E-state index in [9.17, 15) is 14.7 Å². The lowest BCUT2D eigenvalue weighted by molar-refractivity contribution is -0.141. The maximum atomic E-state index is 12.0. The summed E-state index contributed by atoms with van der Waals surface area (Å²) >= 11 is 0. The van der Waals surface area contributed by atoms with Gasteiger partial charge >= 0.3 is 12.0 Å². The van der Waals surface area contributed by atoms with Crippen LogP contribution in [0.2, 0.25) is 0 Å². The highest BCUT2D eigenvalue weighted by atomic mass is 16.5. The minimum atomic E-state index is -1.07. The van der Waals surface area contributed by atoms with Crippen molar-refractivity contribution in [3.05, 3.63) is 0 Å². The van der Waals surface area contributed by atoms with Crippen LogP contribution in [0.1, 0.15) is 12.8 Å². The van der Waals surface area contributed by atoms with E-state index in [0.29, 0.717) is 6.54 Å². The monoisotopic (exact) mass is 301 g/mol. The van der Waals surface area contributed by atoms with E-state index in [1.54, 1.807) is 0 Å². The normalized spacial score (nSPS) is 26.8. The maximum Gasteiger partial charge on any atom is 0.326 e. The van der Waals surface area contributed by atoms with E-state index >= 15 is 0 Å². The third-order valence-electron chi connectivity index (χ3n) is 3.86. The number of nitrogens with one attached hydrogen (secondary N) is 1. The summed E-state index contributed by atoms with van der Waals surface area (Å²) in [5, 5.41) is 21.3. The van der Waals surface area contributed by atoms with E-state index in [2.05, 4.69) is 10.2 Å². The Labute approximate surface area is 123 Å². The van der Waals surface area contributed by atoms with Crippen LogP contribution in [-0.2, 0) is 9.53 Å². The van der Waals surface area contributed by atoms with Gasteiger partial charge in [-0.25, -0.2) is 9.59 Å². The lowest BCUT2D eigenvalue weighted by Crippen LogP contribution is -2.46. The fourth-order valence-corrected chi connectivity index (χ4v) is 2.70. The van der Waals surface area contributed by atoms with E-state index in [4.69, 9.17) is 9.84 Å². The molecule has 0 aliphatic carbocycles. The minimum Gasteiger partial charge on any atom is -0.480 e. The lowest BCUT2D eigenvalue weighted by atomic mass is 10.2. The smallest absolute Gasteiger partial charge is 0.326 e. The number of carboxylic acid groups (broad SMARTS) is 1. The Morgan fingerprint density at radius 2 is 2.00 bits per heavy atom. The van der Waals surface area contributed by atoms with Gasteiger partial charge in [-0.2, -0.15) is 0 Å². The Morgan fingerprint density at radius 1 is 1.29 bits per heavy atom. The van der Waals surface area contributed by atoms with Crippen LogP contribution in [-0.4, -0.2) is 90.1 Å². The molecule has 0 aromatic carbocycles. The van der Waals surface area contributed by atoms with Crippen molar-refractivity contribution in [2.45, 2.75) is 25.0 Å². The van der Waals surface area contributed by atoms with Gasteiger partial charge in [0, 0.05) is 32.6 Å². The number of rotatable bonds is 5. The Bertz CT molecular complexity index is 373. The standard InChI is InChI=1S/C13H23N3O5/c17-10-8-11(12(18)19)16(9-10)13(20)14-2-1-3-15-4-6-21-7-5-15/h10-11,17H,1-9H2,(H,14,20)(H,18,19). The molecule has 8 heteroatoms. The van der Waals surface area contributed by atoms with Gasteiger partial charge in [0.15, 0.2) is 0 Å². The molecule has 2 fully saturated rings. The molecule has 8 nitrogen and oxygen atoms in total. The average molecular weight is 301 g/mol. The van der Waals surface area contributed by atoms with Gasteiger partial charge in [0.05, 0.1) is 19.3 Å². The first-order valence-electron chi connectivity index (χ1n) is 7.33. The molecule has 2 rings (SSSR count). The molecule has 3 N–H and O–H groups in total. The predicted molar refractivity (Wildman–Crippen MR) is 74.0 cm³/mol. The first kappa shape index (κ1) is 16.0. The number of hydrogen-bond donors (Lipinski definition) is 3. The molecular formula is C13H23N3O5. The molecule has 2 heterocycles. The second-order valence-corrected chi connectivity index (χ2v) is 5.44. The number of nitrogens with zero attached hydrogens (tertiary/aromatic N) is 2. The lowest BCUT2D eigenvalue weighted by Gasteiger charge is -2.26. The van der Waals surface area contributed by atoms with Crippen molar-refractivity contribution in [1.29, 1.82) is 0 Å². The number of carbonyl (C=O) groups excluding carboxylic acids is 1. The average Bonchev–Trinajstić information content (AvgIpc) is 2.87. The molecule has 2 aliphatic rings. The molecule has 0 radical (unpaired) electrons. The SMILES string of the molecule is O=C(O)C1CC(O)CN1C(=O)NCCCN1CCOCC1. The molecule has 2 aliphatic heterocycles. The number of β-amino-alcohol motifs (C(OH)–C–C–N with tert-alkyl or cyclic N) is 1. The fourth-order valence-electron chi connectivity index (χ4n) is 2.70. The number of hydrogen-bond acceptors (Lipinski definition) is 5. The van der Waals surface area contributed by atoms with Gasteiger partial charge in [0.2, 0.25) is 0 Å². The molecule has 2 amide bonds. The number of aliphatic hydroxyl groups excluding tert-OH is 1. The number of carbonyl (C=O) groups is 2. The van der Waals surface area contributed by atoms with Crippen molar-refractivity contribution >= 4 is 12.0 Å². The van der Waals surface area contributed by atoms with Crippen molar-refractivity contribution in [1.82, 2.24) is 15.1 Å². The second-order valence-electron chi connectivity index (χ2n) is 5.44. The summed E-state index contributed by atoms with van der Waals surface area (Å²) in [6, 6.07) is -1.35. The minimum absolute atomic E-state index is 0.0757. The zero-order valence-electron chi connectivity index (χ0n) is 12.0. The van der Waals surface area contributed by atoms with Gasteiger partial charge < -0.3 is 25.2 Å². The van der Waals surface area contributed by atoms with Crippen LogP contribution in [0.25, 0.3) is 0 Å². The van der Waals surface area contributed by atoms with E-state index in [0.717, 1.165) is 39.3 Å². The molecule has 2 unspecified atom stereocenters. The van der Waals surface area contributed by atoms with Crippen molar-refractivity contribution in [2.24, 2.45) is 0 Å². The highest BCUT2D eigenvalue weighted by Gasteiger charge is 2.38. The van der Waals surface area contributed by atoms with Crippen molar-refractivity contribution in [3.8, 4) is 0 Å². The van der Waals surface area contributed by atoms with Gasteiger partial charge in [-0.1, -0.05) is 0 Å². The quantitative estimate of drug-likeness (QED) is 0.559. The Hall–Kier alpha value is -1.38. The van der Waals surface area contributed by atoms with Crippen LogP contribution in [0.15, 0.2) is 0 Å². The van der Waals surface area contributed by atoms with Crippen molar-refractivity contribution < 1.29 is 24.5 Å². The number of carboxylic acids is 1. The summed E-state index contributed by atoms with van der Waals surface area (Å²) in [5.74, 6) is -1.07. The van der Waals surface area contributed by atoms with E-state index in [-0.39, 0.29) is 13.0 Å². The predicted octanol–water partition coefficient (Wildman–Crippen LogP) is -1.06. The van der Waals surface area contributed by atoms with E-state index in [1.807, 2.05) is 0 Å². The molecule has 0 aromatic heterocycles. The fraction of sp³-hybridized carbons (Fsp3) is 0.846. The molecule has 0 aromatic rings. The van der Waals surface area contributed by atoms with E-state index < -0.39 is 24.1 Å². The van der Waals surface area contributed by atoms with Crippen molar-refractivity contribution in [2.75, 3.05) is 45.9 Å². The highest BCUT2D eigenvalue weighted by molar-refractivity contribution is 5.83. The summed E-state index contributed by atoms with van der Waals surface area (Å²) in [6.45, 7) is 4.77. The van der Waals surface area contributed by atoms with Gasteiger partial charge in [0.1, 0.15) is 6.04 Å². The zero-order chi connectivity index (χ0) is 15.2. The number of aliphatic carboxylic acids is 1. The van der Waals surface area contributed by atoms with Crippen LogP contribution in [0.4, 0.5) is 4.79 Å². The van der Waals surface area contributed by atoms with Crippen LogP contribution in [0.5, 0.6) is 0 Å². The number of likely N-dealkylation sites (tertiary alicyclic amines) is 1. The third-order valence-corrected chi connectivity index (χ3v) is 3.86. The largest absolute Gasteiger partial charge is 0.480 e. The molecule has 21 heavy (non-hydrogen) atoms. The molecule has 0 saturated carbocycles. The van der Waals surface area contributed by atoms with Gasteiger partial charge in [-0.3, -0.25) is 4.90 Å². The van der Waals surface area contributed by atoms with Crippen molar-refractivity contribution in [3.63, 3.8) is 0 Å². The van der Waals surface area contributed by atoms with Gasteiger partial charge in [-0.15, -0.1) is 0 Å². The maximum absolute atomic E-state index is 12.0. The van der Waals surface area contributed by atoms with Crippen LogP contribution >= 0.6 is 0 Å². The topological polar surface area (TPSA) is 102 Å². The third kappa shape index (κ3) is 4.55. The number of urea groups is 1. The summed E-state index contributed by atoms with van der Waals surface area (Å²) in [6.07, 6.45) is 0.140. The van der Waals surface area contributed by atoms with Crippen LogP contribution < -0.4 is 5.32 Å². The molecular weight excluding hydrogens is 278 g/mol. The molecule has 2 atom stereocenters. The number of morpholine rings is 1. The number of aliphatic hydroxyl groups is 1. The van der Waals surface area contributed by atoms with Gasteiger partial charge in [0.25, 0.3) is 0 Å². The Kier molecular flexibility index (Phi) is 5.77. The zero-order valence-corrected chi connectivity index (χ0v) is 12.0. The van der Waals surface area contributed by atoms with E-state index in [1.165, 1.54) is 4.90 Å². The van der Waals surface area contributed by atoms with Crippen LogP contribution in [0, 0.1) is 0 Å². The molecule has 120 valence electrons.